The van der Waals surface area contributed by atoms with Crippen molar-refractivity contribution in [2.45, 2.75) is 37.1 Å². The fourth-order valence-corrected chi connectivity index (χ4v) is 5.63. The van der Waals surface area contributed by atoms with Gasteiger partial charge >= 0.3 is 0 Å². The van der Waals surface area contributed by atoms with Crippen LogP contribution in [0.25, 0.3) is 0 Å². The van der Waals surface area contributed by atoms with E-state index >= 15 is 0 Å². The van der Waals surface area contributed by atoms with E-state index in [1.165, 1.54) is 35.5 Å². The number of para-hydroxylation sites is 1. The normalized spacial score (nSPS) is 13.6. The van der Waals surface area contributed by atoms with Gasteiger partial charge in [-0.15, -0.1) is 0 Å². The minimum Gasteiger partial charge on any atom is -0.497 e. The summed E-state index contributed by atoms with van der Waals surface area (Å²) in [6, 6.07) is 22.5. The third-order valence-electron chi connectivity index (χ3n) is 6.09. The van der Waals surface area contributed by atoms with Crippen molar-refractivity contribution >= 4 is 21.6 Å². The number of anilines is 1. The maximum Gasteiger partial charge on any atom is 0.264 e. The third-order valence-corrected chi connectivity index (χ3v) is 7.87. The zero-order valence-electron chi connectivity index (χ0n) is 19.8. The number of hydrogen-bond donors (Lipinski definition) is 1. The van der Waals surface area contributed by atoms with E-state index in [0.29, 0.717) is 23.5 Å². The van der Waals surface area contributed by atoms with Crippen molar-refractivity contribution in [2.24, 2.45) is 0 Å². The van der Waals surface area contributed by atoms with E-state index < -0.39 is 10.0 Å². The van der Waals surface area contributed by atoms with Gasteiger partial charge in [0.25, 0.3) is 15.9 Å². The molecular weight excluding hydrogens is 460 g/mol. The Labute approximate surface area is 207 Å². The van der Waals surface area contributed by atoms with Gasteiger partial charge in [-0.25, -0.2) is 8.42 Å². The molecule has 182 valence electrons. The number of hydrogen-bond acceptors (Lipinski definition) is 4. The first-order chi connectivity index (χ1) is 17.0. The molecule has 0 heterocycles. The molecule has 0 aliphatic heterocycles. The van der Waals surface area contributed by atoms with Gasteiger partial charge in [0.1, 0.15) is 5.75 Å². The number of nitrogens with one attached hydrogen (secondary N) is 1. The summed E-state index contributed by atoms with van der Waals surface area (Å²) in [5.41, 5.74) is 2.68. The molecule has 0 aromatic heterocycles. The molecule has 1 amide bonds. The number of benzene rings is 3. The van der Waals surface area contributed by atoms with Gasteiger partial charge in [0.15, 0.2) is 0 Å². The zero-order valence-corrected chi connectivity index (χ0v) is 20.6. The highest BCUT2D eigenvalue weighted by atomic mass is 32.2. The number of sulfonamides is 1. The fourth-order valence-electron chi connectivity index (χ4n) is 4.16. The number of amides is 1. The van der Waals surface area contributed by atoms with E-state index in [9.17, 15) is 13.2 Å². The molecule has 6 nitrogen and oxygen atoms in total. The summed E-state index contributed by atoms with van der Waals surface area (Å²) in [5.74, 6) is 0.269. The Morgan fingerprint density at radius 1 is 0.943 bits per heavy atom. The molecule has 0 spiro atoms. The molecule has 0 radical (unpaired) electrons. The van der Waals surface area contributed by atoms with Crippen LogP contribution in [0.4, 0.5) is 5.69 Å². The monoisotopic (exact) mass is 490 g/mol. The molecule has 3 aromatic rings. The summed E-state index contributed by atoms with van der Waals surface area (Å²) in [6.07, 6.45) is 6.51. The molecule has 0 atom stereocenters. The first kappa shape index (κ1) is 24.5. The molecule has 0 fully saturated rings. The molecule has 35 heavy (non-hydrogen) atoms. The molecule has 7 heteroatoms. The number of carbonyl (C=O) groups excluding carboxylic acids is 1. The van der Waals surface area contributed by atoms with E-state index in [1.54, 1.807) is 36.4 Å². The Morgan fingerprint density at radius 2 is 1.66 bits per heavy atom. The van der Waals surface area contributed by atoms with Gasteiger partial charge in [-0.2, -0.15) is 0 Å². The predicted molar refractivity (Wildman–Crippen MR) is 138 cm³/mol. The minimum atomic E-state index is -3.98. The Balaban J connectivity index is 1.70. The number of allylic oxidation sites excluding steroid dienone is 1. The summed E-state index contributed by atoms with van der Waals surface area (Å²) in [4.78, 5) is 13.4. The topological polar surface area (TPSA) is 75.7 Å². The van der Waals surface area contributed by atoms with Crippen molar-refractivity contribution < 1.29 is 17.9 Å². The zero-order chi connectivity index (χ0) is 24.7. The Bertz CT molecular complexity index is 1290. The van der Waals surface area contributed by atoms with Crippen LogP contribution in [0.15, 0.2) is 95.4 Å². The van der Waals surface area contributed by atoms with Gasteiger partial charge in [-0.1, -0.05) is 54.1 Å². The lowest BCUT2D eigenvalue weighted by atomic mass is 9.99. The van der Waals surface area contributed by atoms with Crippen LogP contribution in [-0.2, 0) is 16.6 Å². The van der Waals surface area contributed by atoms with Crippen LogP contribution in [0.1, 0.15) is 41.6 Å². The van der Waals surface area contributed by atoms with E-state index in [4.69, 9.17) is 4.74 Å². The predicted octanol–water partition coefficient (Wildman–Crippen LogP) is 5.32. The van der Waals surface area contributed by atoms with Crippen molar-refractivity contribution in [1.29, 1.82) is 0 Å². The molecular formula is C28H30N2O4S. The van der Waals surface area contributed by atoms with Crippen molar-refractivity contribution in [3.8, 4) is 5.75 Å². The van der Waals surface area contributed by atoms with Crippen LogP contribution in [0, 0.1) is 0 Å². The third kappa shape index (κ3) is 5.92. The smallest absolute Gasteiger partial charge is 0.264 e. The molecule has 3 aromatic carbocycles. The highest BCUT2D eigenvalue weighted by molar-refractivity contribution is 7.92. The molecule has 4 rings (SSSR count). The van der Waals surface area contributed by atoms with Crippen molar-refractivity contribution in [2.75, 3.05) is 18.0 Å². The number of ether oxygens (including phenoxy) is 1. The van der Waals surface area contributed by atoms with Crippen LogP contribution in [0.5, 0.6) is 5.75 Å². The van der Waals surface area contributed by atoms with Crippen molar-refractivity contribution in [3.63, 3.8) is 0 Å². The second-order valence-electron chi connectivity index (χ2n) is 8.48. The van der Waals surface area contributed by atoms with Crippen LogP contribution in [0.2, 0.25) is 0 Å². The Hall–Kier alpha value is -3.58. The van der Waals surface area contributed by atoms with Gasteiger partial charge in [-0.3, -0.25) is 9.10 Å². The first-order valence-corrected chi connectivity index (χ1v) is 13.2. The van der Waals surface area contributed by atoms with Crippen molar-refractivity contribution in [1.82, 2.24) is 5.32 Å². The summed E-state index contributed by atoms with van der Waals surface area (Å²) < 4.78 is 34.2. The fraction of sp³-hybridized carbons (Fsp3) is 0.250. The van der Waals surface area contributed by atoms with Crippen LogP contribution < -0.4 is 14.4 Å². The number of rotatable bonds is 9. The maximum atomic E-state index is 13.9. The van der Waals surface area contributed by atoms with E-state index in [-0.39, 0.29) is 17.3 Å². The van der Waals surface area contributed by atoms with Crippen LogP contribution in [-0.4, -0.2) is 28.0 Å². The lowest BCUT2D eigenvalue weighted by Crippen LogP contribution is -2.34. The largest absolute Gasteiger partial charge is 0.497 e. The van der Waals surface area contributed by atoms with Gasteiger partial charge in [-0.05, 0) is 67.6 Å². The van der Waals surface area contributed by atoms with E-state index in [0.717, 1.165) is 24.8 Å². The lowest BCUT2D eigenvalue weighted by molar-refractivity contribution is 0.0957. The number of nitrogens with zero attached hydrogens (tertiary/aromatic N) is 1. The average molecular weight is 491 g/mol. The van der Waals surface area contributed by atoms with E-state index in [2.05, 4.69) is 11.4 Å². The molecule has 0 bridgehead atoms. The lowest BCUT2D eigenvalue weighted by Gasteiger charge is -2.27. The Kier molecular flexibility index (Phi) is 7.87. The van der Waals surface area contributed by atoms with Gasteiger partial charge < -0.3 is 10.1 Å². The quantitative estimate of drug-likeness (QED) is 0.412. The molecule has 1 N–H and O–H groups in total. The summed E-state index contributed by atoms with van der Waals surface area (Å²) in [5, 5.41) is 2.99. The SMILES string of the molecule is COc1ccc(S(=O)(=O)N(Cc2ccccc2)c2ccccc2C(=O)NCC2=CCCCC2)cc1. The van der Waals surface area contributed by atoms with Gasteiger partial charge in [0, 0.05) is 6.54 Å². The first-order valence-electron chi connectivity index (χ1n) is 11.7. The highest BCUT2D eigenvalue weighted by Gasteiger charge is 2.28. The summed E-state index contributed by atoms with van der Waals surface area (Å²) in [7, 11) is -2.45. The molecule has 0 saturated heterocycles. The van der Waals surface area contributed by atoms with Crippen molar-refractivity contribution in [3.05, 3.63) is 102 Å². The maximum absolute atomic E-state index is 13.9. The molecule has 1 aliphatic rings. The average Bonchev–Trinajstić information content (AvgIpc) is 2.91. The van der Waals surface area contributed by atoms with Crippen LogP contribution in [0.3, 0.4) is 0 Å². The number of carbonyl (C=O) groups is 1. The molecule has 0 saturated carbocycles. The van der Waals surface area contributed by atoms with Crippen LogP contribution >= 0.6 is 0 Å². The summed E-state index contributed by atoms with van der Waals surface area (Å²) >= 11 is 0. The standard InChI is InChI=1S/C28H30N2O4S/c1-34-24-16-18-25(19-17-24)35(32,33)30(21-23-12-6-3-7-13-23)27-15-9-8-14-26(27)28(31)29-20-22-10-4-2-5-11-22/h3,6-10,12-19H,2,4-5,11,20-21H2,1H3,(H,29,31). The highest BCUT2D eigenvalue weighted by Crippen LogP contribution is 2.30. The second-order valence-corrected chi connectivity index (χ2v) is 10.3. The molecule has 0 unspecified atom stereocenters. The Morgan fingerprint density at radius 3 is 2.34 bits per heavy atom. The van der Waals surface area contributed by atoms with Gasteiger partial charge in [0.2, 0.25) is 0 Å². The number of methoxy groups -OCH3 is 1. The molecule has 1 aliphatic carbocycles. The second kappa shape index (κ2) is 11.2. The summed E-state index contributed by atoms with van der Waals surface area (Å²) in [6.45, 7) is 0.557. The minimum absolute atomic E-state index is 0.0879. The van der Waals surface area contributed by atoms with E-state index in [1.807, 2.05) is 30.3 Å². The van der Waals surface area contributed by atoms with Gasteiger partial charge in [0.05, 0.1) is 29.8 Å².